The molecule has 4 nitrogen and oxygen atoms in total. The molecule has 0 bridgehead atoms. The van der Waals surface area contributed by atoms with Gasteiger partial charge in [-0.3, -0.25) is 4.79 Å². The lowest BCUT2D eigenvalue weighted by molar-refractivity contribution is 0.101. The average Bonchev–Trinajstić information content (AvgIpc) is 3.03. The van der Waals surface area contributed by atoms with Crippen LogP contribution in [0.4, 0.5) is 11.4 Å². The van der Waals surface area contributed by atoms with Crippen LogP contribution in [0.25, 0.3) is 0 Å². The molecule has 2 aliphatic rings. The van der Waals surface area contributed by atoms with Gasteiger partial charge in [0.1, 0.15) is 11.4 Å². The molecule has 2 aromatic rings. The minimum Gasteiger partial charge on any atom is -0.487 e. The predicted molar refractivity (Wildman–Crippen MR) is 120 cm³/mol. The van der Waals surface area contributed by atoms with Crippen LogP contribution in [0.5, 0.6) is 5.75 Å². The molecule has 154 valence electrons. The first-order valence-corrected chi connectivity index (χ1v) is 10.6. The molecule has 0 radical (unpaired) electrons. The van der Waals surface area contributed by atoms with Crippen molar-refractivity contribution in [2.45, 2.75) is 53.6 Å². The van der Waals surface area contributed by atoms with Gasteiger partial charge in [-0.25, -0.2) is 0 Å². The first-order valence-electron chi connectivity index (χ1n) is 10.6. The summed E-state index contributed by atoms with van der Waals surface area (Å²) in [7, 11) is 0. The fourth-order valence-corrected chi connectivity index (χ4v) is 4.83. The van der Waals surface area contributed by atoms with E-state index in [9.17, 15) is 4.79 Å². The smallest absolute Gasteiger partial charge is 0.159 e. The van der Waals surface area contributed by atoms with Crippen LogP contribution in [0.2, 0.25) is 0 Å². The molecule has 4 heteroatoms. The van der Waals surface area contributed by atoms with Gasteiger partial charge in [0.15, 0.2) is 5.78 Å². The number of nitrogens with zero attached hydrogens (tertiary/aromatic N) is 2. The summed E-state index contributed by atoms with van der Waals surface area (Å²) in [4.78, 5) is 16.5. The molecule has 2 aromatic carbocycles. The van der Waals surface area contributed by atoms with Crippen molar-refractivity contribution in [2.75, 3.05) is 36.0 Å². The van der Waals surface area contributed by atoms with Crippen LogP contribution in [-0.2, 0) is 6.42 Å². The fraction of sp³-hybridized carbons (Fsp3) is 0.480. The van der Waals surface area contributed by atoms with Crippen molar-refractivity contribution >= 4 is 17.2 Å². The van der Waals surface area contributed by atoms with E-state index < -0.39 is 0 Å². The summed E-state index contributed by atoms with van der Waals surface area (Å²) in [6.07, 6.45) is 0.977. The van der Waals surface area contributed by atoms with Gasteiger partial charge in [-0.2, -0.15) is 0 Å². The van der Waals surface area contributed by atoms with Crippen LogP contribution >= 0.6 is 0 Å². The second kappa shape index (κ2) is 7.08. The van der Waals surface area contributed by atoms with Gasteiger partial charge in [0.2, 0.25) is 0 Å². The topological polar surface area (TPSA) is 32.8 Å². The van der Waals surface area contributed by atoms with E-state index in [2.05, 4.69) is 56.6 Å². The fourth-order valence-electron chi connectivity index (χ4n) is 4.83. The Morgan fingerprint density at radius 3 is 2.07 bits per heavy atom. The van der Waals surface area contributed by atoms with Crippen molar-refractivity contribution in [3.63, 3.8) is 0 Å². The average molecular weight is 393 g/mol. The van der Waals surface area contributed by atoms with E-state index in [1.54, 1.807) is 6.92 Å². The van der Waals surface area contributed by atoms with Crippen molar-refractivity contribution in [2.24, 2.45) is 0 Å². The molecule has 0 atom stereocenters. The van der Waals surface area contributed by atoms with Crippen molar-refractivity contribution in [1.82, 2.24) is 0 Å². The summed E-state index contributed by atoms with van der Waals surface area (Å²) in [5, 5.41) is 0. The Morgan fingerprint density at radius 1 is 0.897 bits per heavy atom. The summed E-state index contributed by atoms with van der Waals surface area (Å²) >= 11 is 0. The number of anilines is 2. The molecule has 0 saturated carbocycles. The highest BCUT2D eigenvalue weighted by Gasteiger charge is 2.35. The van der Waals surface area contributed by atoms with Crippen LogP contribution in [0, 0.1) is 20.8 Å². The van der Waals surface area contributed by atoms with E-state index in [0.717, 1.165) is 43.9 Å². The van der Waals surface area contributed by atoms with E-state index in [1.165, 1.54) is 33.6 Å². The summed E-state index contributed by atoms with van der Waals surface area (Å²) in [5.74, 6) is 1.23. The maximum absolute atomic E-state index is 11.5. The lowest BCUT2D eigenvalue weighted by Crippen LogP contribution is -2.47. The van der Waals surface area contributed by atoms with Crippen molar-refractivity contribution < 1.29 is 9.53 Å². The predicted octanol–water partition coefficient (Wildman–Crippen LogP) is 4.85. The van der Waals surface area contributed by atoms with Crippen LogP contribution < -0.4 is 14.5 Å². The Morgan fingerprint density at radius 2 is 1.48 bits per heavy atom. The molecule has 1 fully saturated rings. The third kappa shape index (κ3) is 3.50. The number of Topliss-reactive ketones (excluding diaryl/α,β-unsaturated/α-hetero) is 1. The van der Waals surface area contributed by atoms with Gasteiger partial charge >= 0.3 is 0 Å². The lowest BCUT2D eigenvalue weighted by atomic mass is 9.91. The molecule has 0 amide bonds. The zero-order valence-corrected chi connectivity index (χ0v) is 18.6. The van der Waals surface area contributed by atoms with Crippen molar-refractivity contribution in [3.05, 3.63) is 52.1 Å². The van der Waals surface area contributed by atoms with Crippen LogP contribution in [0.1, 0.15) is 53.4 Å². The summed E-state index contributed by atoms with van der Waals surface area (Å²) in [5.41, 5.74) is 8.65. The number of piperazine rings is 1. The highest BCUT2D eigenvalue weighted by Crippen LogP contribution is 2.45. The first-order chi connectivity index (χ1) is 13.7. The van der Waals surface area contributed by atoms with Crippen LogP contribution in [-0.4, -0.2) is 37.6 Å². The highest BCUT2D eigenvalue weighted by atomic mass is 16.5. The first kappa shape index (κ1) is 19.8. The Hall–Kier alpha value is -2.49. The zero-order chi connectivity index (χ0) is 20.9. The molecule has 2 heterocycles. The van der Waals surface area contributed by atoms with Gasteiger partial charge in [-0.05, 0) is 82.5 Å². The minimum absolute atomic E-state index is 0.117. The molecule has 0 spiro atoms. The van der Waals surface area contributed by atoms with Gasteiger partial charge in [-0.15, -0.1) is 0 Å². The van der Waals surface area contributed by atoms with Crippen molar-refractivity contribution in [3.8, 4) is 5.75 Å². The van der Waals surface area contributed by atoms with Gasteiger partial charge in [0, 0.05) is 55.1 Å². The van der Waals surface area contributed by atoms with E-state index in [4.69, 9.17) is 4.74 Å². The molecule has 0 aliphatic carbocycles. The summed E-state index contributed by atoms with van der Waals surface area (Å²) in [6.45, 7) is 16.6. The second-order valence-corrected chi connectivity index (χ2v) is 9.15. The maximum atomic E-state index is 11.5. The highest BCUT2D eigenvalue weighted by molar-refractivity contribution is 5.94. The molecular weight excluding hydrogens is 360 g/mol. The third-order valence-electron chi connectivity index (χ3n) is 6.56. The molecule has 0 unspecified atom stereocenters. The molecule has 2 aliphatic heterocycles. The number of hydrogen-bond donors (Lipinski definition) is 0. The number of carbonyl (C=O) groups is 1. The van der Waals surface area contributed by atoms with Gasteiger partial charge < -0.3 is 14.5 Å². The van der Waals surface area contributed by atoms with Gasteiger partial charge in [0.05, 0.1) is 0 Å². The molecular formula is C25H32N2O2. The minimum atomic E-state index is -0.117. The van der Waals surface area contributed by atoms with E-state index in [0.29, 0.717) is 0 Å². The van der Waals surface area contributed by atoms with Crippen molar-refractivity contribution in [1.29, 1.82) is 0 Å². The van der Waals surface area contributed by atoms with E-state index >= 15 is 0 Å². The second-order valence-electron chi connectivity index (χ2n) is 9.15. The lowest BCUT2D eigenvalue weighted by Gasteiger charge is -2.39. The number of fused-ring (bicyclic) bond motifs is 1. The number of hydrogen-bond acceptors (Lipinski definition) is 4. The normalized spacial score (nSPS) is 17.9. The Bertz CT molecular complexity index is 952. The molecule has 0 N–H and O–H groups in total. The van der Waals surface area contributed by atoms with Crippen LogP contribution in [0.15, 0.2) is 24.3 Å². The molecule has 29 heavy (non-hydrogen) atoms. The molecule has 4 rings (SSSR count). The van der Waals surface area contributed by atoms with Crippen LogP contribution in [0.3, 0.4) is 0 Å². The zero-order valence-electron chi connectivity index (χ0n) is 18.6. The molecule has 1 saturated heterocycles. The number of ether oxygens (including phenoxy) is 1. The number of rotatable bonds is 3. The number of carbonyl (C=O) groups excluding carboxylic acids is 1. The Balaban J connectivity index is 1.55. The quantitative estimate of drug-likeness (QED) is 0.699. The third-order valence-corrected chi connectivity index (χ3v) is 6.56. The molecule has 0 aromatic heterocycles. The van der Waals surface area contributed by atoms with E-state index in [-0.39, 0.29) is 11.4 Å². The summed E-state index contributed by atoms with van der Waals surface area (Å²) < 4.78 is 6.28. The van der Waals surface area contributed by atoms with Gasteiger partial charge in [-0.1, -0.05) is 0 Å². The SMILES string of the molecule is CC(=O)c1ccc(N2CCN(c3c(C)c(C)c4c(c3C)CC(C)(C)O4)CC2)cc1. The number of ketones is 1. The standard InChI is InChI=1S/C25H32N2O2/c1-16-17(2)24-22(15-25(5,6)29-24)18(3)23(16)27-13-11-26(12-14-27)21-9-7-20(8-10-21)19(4)28/h7-10H,11-15H2,1-6H3. The van der Waals surface area contributed by atoms with Gasteiger partial charge in [0.25, 0.3) is 0 Å². The largest absolute Gasteiger partial charge is 0.487 e. The monoisotopic (exact) mass is 392 g/mol. The Kier molecular flexibility index (Phi) is 4.84. The number of benzene rings is 2. The summed E-state index contributed by atoms with van der Waals surface area (Å²) in [6, 6.07) is 8.01. The Labute approximate surface area is 174 Å². The maximum Gasteiger partial charge on any atom is 0.159 e. The van der Waals surface area contributed by atoms with E-state index in [1.807, 2.05) is 12.1 Å².